The van der Waals surface area contributed by atoms with Crippen molar-refractivity contribution in [1.29, 1.82) is 0 Å². The molecule has 7 nitrogen and oxygen atoms in total. The second kappa shape index (κ2) is 8.50. The fourth-order valence-corrected chi connectivity index (χ4v) is 5.41. The van der Waals surface area contributed by atoms with Crippen molar-refractivity contribution in [2.45, 2.75) is 57.4 Å². The number of benzene rings is 1. The molecule has 1 saturated carbocycles. The van der Waals surface area contributed by atoms with E-state index in [0.29, 0.717) is 30.3 Å². The van der Waals surface area contributed by atoms with Crippen LogP contribution in [-0.4, -0.2) is 33.1 Å². The Labute approximate surface area is 191 Å². The standard InChI is InChI=1S/C24H27N5O2S/c1-3-4-13-31-17-9-7-16(8-10-17)24(2)14-18(20-12-11-19(32-20)15-5-6-15)21(23(30)25-24)22-26-28-29-27-22/h7-12,15H,3-6,13-14H2,1-2H3,(H,25,30)(H,26,27,28,29)/t24-/m0/s1. The molecule has 0 bridgehead atoms. The number of amides is 1. The number of ether oxygens (including phenoxy) is 1. The summed E-state index contributed by atoms with van der Waals surface area (Å²) in [4.78, 5) is 15.8. The number of rotatable bonds is 8. The normalized spacial score (nSPS) is 21.0. The number of carbonyl (C=O) groups is 1. The van der Waals surface area contributed by atoms with E-state index < -0.39 is 5.54 Å². The van der Waals surface area contributed by atoms with Crippen LogP contribution >= 0.6 is 11.3 Å². The van der Waals surface area contributed by atoms with Crippen LogP contribution in [0.3, 0.4) is 0 Å². The molecule has 32 heavy (non-hydrogen) atoms. The van der Waals surface area contributed by atoms with Gasteiger partial charge < -0.3 is 10.1 Å². The van der Waals surface area contributed by atoms with Crippen LogP contribution in [0.15, 0.2) is 36.4 Å². The van der Waals surface area contributed by atoms with Gasteiger partial charge in [0.1, 0.15) is 5.75 Å². The second-order valence-electron chi connectivity index (χ2n) is 8.75. The van der Waals surface area contributed by atoms with Crippen LogP contribution in [-0.2, 0) is 10.3 Å². The third-order valence-corrected chi connectivity index (χ3v) is 7.49. The lowest BCUT2D eigenvalue weighted by atomic mass is 9.80. The summed E-state index contributed by atoms with van der Waals surface area (Å²) in [6, 6.07) is 12.4. The molecule has 2 aromatic heterocycles. The van der Waals surface area contributed by atoms with E-state index in [2.05, 4.69) is 51.9 Å². The Kier molecular flexibility index (Phi) is 5.55. The van der Waals surface area contributed by atoms with E-state index in [0.717, 1.165) is 34.6 Å². The van der Waals surface area contributed by atoms with E-state index in [-0.39, 0.29) is 5.91 Å². The van der Waals surface area contributed by atoms with Gasteiger partial charge in [-0.3, -0.25) is 4.79 Å². The highest BCUT2D eigenvalue weighted by atomic mass is 32.1. The number of unbranched alkanes of at least 4 members (excludes halogenated alkanes) is 1. The number of aromatic nitrogens is 4. The van der Waals surface area contributed by atoms with Crippen LogP contribution in [0.5, 0.6) is 5.75 Å². The number of H-pyrrole nitrogens is 1. The Balaban J connectivity index is 1.49. The lowest BCUT2D eigenvalue weighted by Crippen LogP contribution is -2.47. The first-order valence-electron chi connectivity index (χ1n) is 11.2. The molecule has 0 spiro atoms. The first-order valence-corrected chi connectivity index (χ1v) is 12.0. The van der Waals surface area contributed by atoms with Gasteiger partial charge in [0, 0.05) is 16.2 Å². The minimum Gasteiger partial charge on any atom is -0.494 e. The molecule has 1 aromatic carbocycles. The largest absolute Gasteiger partial charge is 0.494 e. The van der Waals surface area contributed by atoms with Crippen LogP contribution in [0.2, 0.25) is 0 Å². The molecule has 1 amide bonds. The molecule has 3 aromatic rings. The molecule has 2 aliphatic rings. The van der Waals surface area contributed by atoms with Crippen LogP contribution in [0, 0.1) is 0 Å². The third kappa shape index (κ3) is 4.07. The Morgan fingerprint density at radius 1 is 1.19 bits per heavy atom. The van der Waals surface area contributed by atoms with Gasteiger partial charge in [0.05, 0.1) is 17.7 Å². The van der Waals surface area contributed by atoms with E-state index in [1.54, 1.807) is 11.3 Å². The molecular formula is C24H27N5O2S. The van der Waals surface area contributed by atoms with E-state index in [1.807, 2.05) is 24.3 Å². The molecule has 0 unspecified atom stereocenters. The van der Waals surface area contributed by atoms with E-state index >= 15 is 0 Å². The van der Waals surface area contributed by atoms with E-state index in [4.69, 9.17) is 4.74 Å². The quantitative estimate of drug-likeness (QED) is 0.488. The summed E-state index contributed by atoms with van der Waals surface area (Å²) in [5.41, 5.74) is 1.96. The van der Waals surface area contributed by atoms with Crippen molar-refractivity contribution >= 4 is 28.4 Å². The Morgan fingerprint density at radius 2 is 2.00 bits per heavy atom. The summed E-state index contributed by atoms with van der Waals surface area (Å²) in [5, 5.41) is 17.6. The molecule has 1 aliphatic carbocycles. The summed E-state index contributed by atoms with van der Waals surface area (Å²) >= 11 is 1.78. The molecule has 1 fully saturated rings. The Hall–Kier alpha value is -3.00. The van der Waals surface area contributed by atoms with Gasteiger partial charge in [0.2, 0.25) is 5.82 Å². The number of hydrogen-bond acceptors (Lipinski definition) is 6. The predicted molar refractivity (Wildman–Crippen MR) is 124 cm³/mol. The van der Waals surface area contributed by atoms with E-state index in [1.165, 1.54) is 17.7 Å². The van der Waals surface area contributed by atoms with Crippen molar-refractivity contribution in [3.8, 4) is 5.75 Å². The van der Waals surface area contributed by atoms with Crippen molar-refractivity contribution in [1.82, 2.24) is 25.9 Å². The van der Waals surface area contributed by atoms with Gasteiger partial charge >= 0.3 is 0 Å². The molecule has 2 N–H and O–H groups in total. The number of carbonyl (C=O) groups excluding carboxylic acids is 1. The van der Waals surface area contributed by atoms with Crippen molar-refractivity contribution < 1.29 is 9.53 Å². The van der Waals surface area contributed by atoms with Gasteiger partial charge in [0.25, 0.3) is 5.91 Å². The lowest BCUT2D eigenvalue weighted by Gasteiger charge is -2.37. The van der Waals surface area contributed by atoms with Crippen molar-refractivity contribution in [3.63, 3.8) is 0 Å². The Morgan fingerprint density at radius 3 is 2.69 bits per heavy atom. The molecule has 5 rings (SSSR count). The topological polar surface area (TPSA) is 92.8 Å². The highest BCUT2D eigenvalue weighted by Crippen LogP contribution is 2.47. The number of nitrogens with zero attached hydrogens (tertiary/aromatic N) is 3. The van der Waals surface area contributed by atoms with Crippen molar-refractivity contribution in [2.24, 2.45) is 0 Å². The SMILES string of the molecule is CCCCOc1ccc([C@]2(C)CC(c3ccc(C4CC4)s3)=C(c3nn[nH]n3)C(=O)N2)cc1. The maximum absolute atomic E-state index is 13.3. The first-order chi connectivity index (χ1) is 15.6. The molecule has 8 heteroatoms. The minimum atomic E-state index is -0.550. The number of nitrogens with one attached hydrogen (secondary N) is 2. The average Bonchev–Trinajstić information content (AvgIpc) is 3.28. The smallest absolute Gasteiger partial charge is 0.256 e. The van der Waals surface area contributed by atoms with Gasteiger partial charge in [-0.05, 0) is 72.7 Å². The van der Waals surface area contributed by atoms with Gasteiger partial charge in [-0.15, -0.1) is 21.5 Å². The fraction of sp³-hybridized carbons (Fsp3) is 0.417. The second-order valence-corrected chi connectivity index (χ2v) is 9.87. The summed E-state index contributed by atoms with van der Waals surface area (Å²) in [6.45, 7) is 4.93. The molecule has 166 valence electrons. The summed E-state index contributed by atoms with van der Waals surface area (Å²) in [7, 11) is 0. The fourth-order valence-electron chi connectivity index (χ4n) is 4.18. The monoisotopic (exact) mass is 449 g/mol. The number of thiophene rings is 1. The zero-order valence-electron chi connectivity index (χ0n) is 18.4. The zero-order chi connectivity index (χ0) is 22.1. The van der Waals surface area contributed by atoms with Crippen molar-refractivity contribution in [2.75, 3.05) is 6.61 Å². The molecular weight excluding hydrogens is 422 g/mol. The molecule has 0 radical (unpaired) electrons. The number of tetrazole rings is 1. The molecule has 1 atom stereocenters. The zero-order valence-corrected chi connectivity index (χ0v) is 19.2. The number of hydrogen-bond donors (Lipinski definition) is 2. The lowest BCUT2D eigenvalue weighted by molar-refractivity contribution is -0.117. The van der Waals surface area contributed by atoms with Crippen LogP contribution in [0.4, 0.5) is 0 Å². The van der Waals surface area contributed by atoms with Crippen LogP contribution in [0.1, 0.15) is 73.0 Å². The van der Waals surface area contributed by atoms with Gasteiger partial charge in [-0.1, -0.05) is 25.5 Å². The van der Waals surface area contributed by atoms with Crippen LogP contribution < -0.4 is 10.1 Å². The highest BCUT2D eigenvalue weighted by molar-refractivity contribution is 7.13. The van der Waals surface area contributed by atoms with E-state index in [9.17, 15) is 4.79 Å². The third-order valence-electron chi connectivity index (χ3n) is 6.18. The first kappa shape index (κ1) is 20.9. The summed E-state index contributed by atoms with van der Waals surface area (Å²) < 4.78 is 5.81. The van der Waals surface area contributed by atoms with Gasteiger partial charge in [-0.25, -0.2) is 0 Å². The maximum atomic E-state index is 13.3. The minimum absolute atomic E-state index is 0.181. The predicted octanol–water partition coefficient (Wildman–Crippen LogP) is 4.66. The maximum Gasteiger partial charge on any atom is 0.256 e. The number of aromatic amines is 1. The average molecular weight is 450 g/mol. The molecule has 0 saturated heterocycles. The molecule has 3 heterocycles. The molecule has 1 aliphatic heterocycles. The summed E-state index contributed by atoms with van der Waals surface area (Å²) in [6.07, 6.45) is 5.28. The van der Waals surface area contributed by atoms with Crippen molar-refractivity contribution in [3.05, 3.63) is 57.5 Å². The highest BCUT2D eigenvalue weighted by Gasteiger charge is 2.40. The Bertz CT molecular complexity index is 1130. The summed E-state index contributed by atoms with van der Waals surface area (Å²) in [5.74, 6) is 1.68. The van der Waals surface area contributed by atoms with Crippen LogP contribution in [0.25, 0.3) is 11.1 Å². The van der Waals surface area contributed by atoms with Gasteiger partial charge in [-0.2, -0.15) is 5.21 Å². The van der Waals surface area contributed by atoms with Gasteiger partial charge in [0.15, 0.2) is 0 Å².